The number of unbranched alkanes of at least 4 members (excludes halogenated alkanes) is 1. The van der Waals surface area contributed by atoms with E-state index in [1.807, 2.05) is 7.05 Å². The van der Waals surface area contributed by atoms with Crippen molar-refractivity contribution in [3.8, 4) is 0 Å². The van der Waals surface area contributed by atoms with Gasteiger partial charge in [0, 0.05) is 39.8 Å². The van der Waals surface area contributed by atoms with Crippen molar-refractivity contribution in [3.05, 3.63) is 0 Å². The van der Waals surface area contributed by atoms with Crippen LogP contribution in [0.2, 0.25) is 0 Å². The summed E-state index contributed by atoms with van der Waals surface area (Å²) in [4.78, 5) is 29.4. The van der Waals surface area contributed by atoms with E-state index in [1.54, 1.807) is 16.8 Å². The molecule has 104 valence electrons. The van der Waals surface area contributed by atoms with Gasteiger partial charge in [-0.15, -0.1) is 0 Å². The molecular formula is C13H25N3O2. The first-order valence-electron chi connectivity index (χ1n) is 6.75. The van der Waals surface area contributed by atoms with E-state index in [9.17, 15) is 9.59 Å². The summed E-state index contributed by atoms with van der Waals surface area (Å²) in [6.45, 7) is 6.10. The van der Waals surface area contributed by atoms with Crippen LogP contribution in [0.4, 0.5) is 0 Å². The Morgan fingerprint density at radius 1 is 1.17 bits per heavy atom. The zero-order valence-electron chi connectivity index (χ0n) is 11.8. The molecule has 0 radical (unpaired) electrons. The van der Waals surface area contributed by atoms with Crippen molar-refractivity contribution in [2.45, 2.75) is 26.2 Å². The number of carbonyl (C=O) groups is 2. The third-order valence-electron chi connectivity index (χ3n) is 3.43. The molecule has 1 heterocycles. The van der Waals surface area contributed by atoms with Gasteiger partial charge in [-0.05, 0) is 13.5 Å². The molecule has 0 aliphatic carbocycles. The summed E-state index contributed by atoms with van der Waals surface area (Å²) in [5, 5.41) is 0. The van der Waals surface area contributed by atoms with Crippen molar-refractivity contribution in [2.24, 2.45) is 0 Å². The van der Waals surface area contributed by atoms with Crippen molar-refractivity contribution < 1.29 is 9.59 Å². The molecule has 1 saturated heterocycles. The van der Waals surface area contributed by atoms with Gasteiger partial charge in [0.15, 0.2) is 0 Å². The molecule has 0 bridgehead atoms. The van der Waals surface area contributed by atoms with E-state index in [4.69, 9.17) is 0 Å². The standard InChI is InChI=1S/C13H25N3O2/c1-4-5-6-15(3)12(17)11-13(18)16-9-7-14(2)8-10-16/h4-11H2,1-3H3. The van der Waals surface area contributed by atoms with Gasteiger partial charge in [-0.25, -0.2) is 0 Å². The zero-order chi connectivity index (χ0) is 13.5. The third-order valence-corrected chi connectivity index (χ3v) is 3.43. The van der Waals surface area contributed by atoms with E-state index in [2.05, 4.69) is 11.8 Å². The highest BCUT2D eigenvalue weighted by atomic mass is 16.2. The topological polar surface area (TPSA) is 43.9 Å². The maximum absolute atomic E-state index is 12.0. The number of likely N-dealkylation sites (N-methyl/N-ethyl adjacent to an activating group) is 1. The number of hydrogen-bond acceptors (Lipinski definition) is 3. The Balaban J connectivity index is 2.32. The van der Waals surface area contributed by atoms with E-state index in [0.717, 1.165) is 45.6 Å². The highest BCUT2D eigenvalue weighted by Gasteiger charge is 2.22. The smallest absolute Gasteiger partial charge is 0.232 e. The van der Waals surface area contributed by atoms with Crippen molar-refractivity contribution in [1.82, 2.24) is 14.7 Å². The van der Waals surface area contributed by atoms with Gasteiger partial charge in [0.05, 0.1) is 0 Å². The monoisotopic (exact) mass is 255 g/mol. The second-order valence-corrected chi connectivity index (χ2v) is 5.03. The van der Waals surface area contributed by atoms with Crippen molar-refractivity contribution in [1.29, 1.82) is 0 Å². The van der Waals surface area contributed by atoms with E-state index in [1.165, 1.54) is 0 Å². The summed E-state index contributed by atoms with van der Waals surface area (Å²) in [5.41, 5.74) is 0. The second-order valence-electron chi connectivity index (χ2n) is 5.03. The molecule has 5 heteroatoms. The van der Waals surface area contributed by atoms with Gasteiger partial charge in [0.25, 0.3) is 0 Å². The Kier molecular flexibility index (Phi) is 6.12. The second kappa shape index (κ2) is 7.36. The maximum atomic E-state index is 12.0. The van der Waals surface area contributed by atoms with Crippen LogP contribution in [0, 0.1) is 0 Å². The summed E-state index contributed by atoms with van der Waals surface area (Å²) in [6.07, 6.45) is 2.07. The van der Waals surface area contributed by atoms with E-state index >= 15 is 0 Å². The SMILES string of the molecule is CCCCN(C)C(=O)CC(=O)N1CCN(C)CC1. The van der Waals surface area contributed by atoms with E-state index < -0.39 is 0 Å². The van der Waals surface area contributed by atoms with Crippen LogP contribution in [-0.4, -0.2) is 73.3 Å². The highest BCUT2D eigenvalue weighted by molar-refractivity contribution is 5.96. The lowest BCUT2D eigenvalue weighted by Gasteiger charge is -2.32. The van der Waals surface area contributed by atoms with Crippen molar-refractivity contribution in [2.75, 3.05) is 46.8 Å². The Morgan fingerprint density at radius 3 is 2.33 bits per heavy atom. The molecule has 1 fully saturated rings. The van der Waals surface area contributed by atoms with Crippen LogP contribution >= 0.6 is 0 Å². The normalized spacial score (nSPS) is 16.7. The molecule has 0 atom stereocenters. The number of amides is 2. The van der Waals surface area contributed by atoms with Gasteiger partial charge in [0.2, 0.25) is 11.8 Å². The third kappa shape index (κ3) is 4.64. The van der Waals surface area contributed by atoms with Crippen LogP contribution in [0.1, 0.15) is 26.2 Å². The molecule has 0 aromatic carbocycles. The fourth-order valence-electron chi connectivity index (χ4n) is 1.95. The number of rotatable bonds is 5. The van der Waals surface area contributed by atoms with Crippen LogP contribution in [0.3, 0.4) is 0 Å². The largest absolute Gasteiger partial charge is 0.345 e. The summed E-state index contributed by atoms with van der Waals surface area (Å²) in [5.74, 6) is -0.0937. The molecular weight excluding hydrogens is 230 g/mol. The summed E-state index contributed by atoms with van der Waals surface area (Å²) in [7, 11) is 3.82. The van der Waals surface area contributed by atoms with E-state index in [-0.39, 0.29) is 18.2 Å². The Labute approximate surface area is 110 Å². The van der Waals surface area contributed by atoms with Gasteiger partial charge >= 0.3 is 0 Å². The van der Waals surface area contributed by atoms with Crippen LogP contribution in [0.5, 0.6) is 0 Å². The fraction of sp³-hybridized carbons (Fsp3) is 0.846. The fourth-order valence-corrected chi connectivity index (χ4v) is 1.95. The summed E-state index contributed by atoms with van der Waals surface area (Å²) < 4.78 is 0. The average Bonchev–Trinajstić information content (AvgIpc) is 2.36. The van der Waals surface area contributed by atoms with E-state index in [0.29, 0.717) is 0 Å². The molecule has 5 nitrogen and oxygen atoms in total. The molecule has 0 unspecified atom stereocenters. The quantitative estimate of drug-likeness (QED) is 0.668. The van der Waals surface area contributed by atoms with Crippen LogP contribution < -0.4 is 0 Å². The minimum Gasteiger partial charge on any atom is -0.345 e. The molecule has 1 rings (SSSR count). The van der Waals surface area contributed by atoms with Crippen molar-refractivity contribution >= 4 is 11.8 Å². The Morgan fingerprint density at radius 2 is 1.78 bits per heavy atom. The van der Waals surface area contributed by atoms with Gasteiger partial charge in [-0.2, -0.15) is 0 Å². The first kappa shape index (κ1) is 15.0. The summed E-state index contributed by atoms with van der Waals surface area (Å²) in [6, 6.07) is 0. The number of nitrogens with zero attached hydrogens (tertiary/aromatic N) is 3. The molecule has 0 N–H and O–H groups in total. The molecule has 1 aliphatic heterocycles. The van der Waals surface area contributed by atoms with Gasteiger partial charge in [-0.1, -0.05) is 13.3 Å². The average molecular weight is 255 g/mol. The molecule has 0 saturated carbocycles. The van der Waals surface area contributed by atoms with Gasteiger partial charge in [-0.3, -0.25) is 9.59 Å². The minimum absolute atomic E-state index is 0.0178. The first-order chi connectivity index (χ1) is 8.54. The Hall–Kier alpha value is -1.10. The minimum atomic E-state index is -0.0626. The van der Waals surface area contributed by atoms with Crippen LogP contribution in [-0.2, 0) is 9.59 Å². The van der Waals surface area contributed by atoms with Gasteiger partial charge in [0.1, 0.15) is 6.42 Å². The predicted octanol–water partition coefficient (Wildman–Crippen LogP) is 0.409. The highest BCUT2D eigenvalue weighted by Crippen LogP contribution is 2.04. The molecule has 0 aromatic rings. The molecule has 1 aliphatic rings. The Bertz CT molecular complexity index is 286. The van der Waals surface area contributed by atoms with Crippen molar-refractivity contribution in [3.63, 3.8) is 0 Å². The number of hydrogen-bond donors (Lipinski definition) is 0. The number of piperazine rings is 1. The maximum Gasteiger partial charge on any atom is 0.232 e. The lowest BCUT2D eigenvalue weighted by atomic mass is 10.2. The molecule has 2 amide bonds. The summed E-state index contributed by atoms with van der Waals surface area (Å²) >= 11 is 0. The van der Waals surface area contributed by atoms with Crippen LogP contribution in [0.25, 0.3) is 0 Å². The lowest BCUT2D eigenvalue weighted by Crippen LogP contribution is -2.48. The lowest BCUT2D eigenvalue weighted by molar-refractivity contribution is -0.140. The first-order valence-corrected chi connectivity index (χ1v) is 6.75. The zero-order valence-corrected chi connectivity index (χ0v) is 11.8. The molecule has 0 spiro atoms. The van der Waals surface area contributed by atoms with Gasteiger partial charge < -0.3 is 14.7 Å². The predicted molar refractivity (Wildman–Crippen MR) is 71.2 cm³/mol. The number of carbonyl (C=O) groups excluding carboxylic acids is 2. The molecule has 0 aromatic heterocycles. The molecule has 18 heavy (non-hydrogen) atoms. The van der Waals surface area contributed by atoms with Crippen LogP contribution in [0.15, 0.2) is 0 Å².